The lowest BCUT2D eigenvalue weighted by Gasteiger charge is -2.33. The second-order valence-electron chi connectivity index (χ2n) is 6.56. The van der Waals surface area contributed by atoms with Crippen LogP contribution in [0.2, 0.25) is 0 Å². The van der Waals surface area contributed by atoms with Gasteiger partial charge in [0.15, 0.2) is 0 Å². The van der Waals surface area contributed by atoms with Crippen LogP contribution < -0.4 is 5.32 Å². The van der Waals surface area contributed by atoms with Crippen LogP contribution in [0.5, 0.6) is 0 Å². The van der Waals surface area contributed by atoms with Gasteiger partial charge in [-0.25, -0.2) is 0 Å². The number of hydrogen-bond acceptors (Lipinski definition) is 2. The first-order valence-corrected chi connectivity index (χ1v) is 8.68. The number of hydrogen-bond donors (Lipinski definition) is 1. The summed E-state index contributed by atoms with van der Waals surface area (Å²) in [6.45, 7) is 6.34. The van der Waals surface area contributed by atoms with Crippen LogP contribution in [0.3, 0.4) is 0 Å². The van der Waals surface area contributed by atoms with Gasteiger partial charge in [-0.3, -0.25) is 9.59 Å². The molecule has 0 saturated carbocycles. The van der Waals surface area contributed by atoms with Gasteiger partial charge in [0.1, 0.15) is 0 Å². The first-order valence-electron chi connectivity index (χ1n) is 8.68. The molecule has 1 aliphatic rings. The van der Waals surface area contributed by atoms with Crippen LogP contribution in [-0.2, 0) is 16.0 Å². The first kappa shape index (κ1) is 17.5. The van der Waals surface area contributed by atoms with E-state index in [4.69, 9.17) is 0 Å². The van der Waals surface area contributed by atoms with Crippen molar-refractivity contribution in [2.75, 3.05) is 19.6 Å². The zero-order chi connectivity index (χ0) is 16.7. The third-order valence-corrected chi connectivity index (χ3v) is 4.41. The van der Waals surface area contributed by atoms with Gasteiger partial charge in [0.2, 0.25) is 11.8 Å². The van der Waals surface area contributed by atoms with Crippen LogP contribution in [0.25, 0.3) is 0 Å². The number of benzene rings is 1. The Hall–Kier alpha value is -1.84. The van der Waals surface area contributed by atoms with Crippen molar-refractivity contribution in [2.24, 2.45) is 5.92 Å². The Morgan fingerprint density at radius 2 is 2.00 bits per heavy atom. The molecule has 1 heterocycles. The summed E-state index contributed by atoms with van der Waals surface area (Å²) in [5, 5.41) is 2.99. The largest absolute Gasteiger partial charge is 0.356 e. The summed E-state index contributed by atoms with van der Waals surface area (Å²) < 4.78 is 0. The number of nitrogens with zero attached hydrogens (tertiary/aromatic N) is 1. The maximum absolute atomic E-state index is 12.5. The van der Waals surface area contributed by atoms with Crippen LogP contribution in [0.15, 0.2) is 24.3 Å². The number of nitrogens with one attached hydrogen (secondary N) is 1. The zero-order valence-corrected chi connectivity index (χ0v) is 14.3. The zero-order valence-electron chi connectivity index (χ0n) is 14.3. The number of amides is 2. The number of carbonyl (C=O) groups excluding carboxylic acids is 2. The van der Waals surface area contributed by atoms with Gasteiger partial charge in [-0.05, 0) is 37.7 Å². The van der Waals surface area contributed by atoms with Crippen molar-refractivity contribution in [3.63, 3.8) is 0 Å². The fourth-order valence-electron chi connectivity index (χ4n) is 3.02. The van der Waals surface area contributed by atoms with E-state index in [1.165, 1.54) is 5.56 Å². The summed E-state index contributed by atoms with van der Waals surface area (Å²) in [6.07, 6.45) is 4.03. The Morgan fingerprint density at radius 3 is 2.70 bits per heavy atom. The molecular weight excluding hydrogens is 288 g/mol. The van der Waals surface area contributed by atoms with Gasteiger partial charge in [0, 0.05) is 26.1 Å². The Bertz CT molecular complexity index is 525. The number of rotatable bonds is 6. The van der Waals surface area contributed by atoms with Crippen LogP contribution in [-0.4, -0.2) is 36.3 Å². The van der Waals surface area contributed by atoms with E-state index in [1.54, 1.807) is 0 Å². The van der Waals surface area contributed by atoms with Gasteiger partial charge < -0.3 is 10.2 Å². The molecule has 0 radical (unpaired) electrons. The predicted octanol–water partition coefficient (Wildman–Crippen LogP) is 2.69. The molecule has 1 unspecified atom stereocenters. The van der Waals surface area contributed by atoms with E-state index < -0.39 is 0 Å². The molecule has 1 saturated heterocycles. The molecule has 2 rings (SSSR count). The fraction of sp³-hybridized carbons (Fsp3) is 0.579. The minimum atomic E-state index is 0.121. The van der Waals surface area contributed by atoms with Crippen LogP contribution in [0, 0.1) is 12.8 Å². The molecule has 2 amide bonds. The lowest BCUT2D eigenvalue weighted by atomic mass is 9.97. The molecule has 0 bridgehead atoms. The normalized spacial score (nSPS) is 17.8. The third kappa shape index (κ3) is 5.70. The summed E-state index contributed by atoms with van der Waals surface area (Å²) >= 11 is 0. The highest BCUT2D eigenvalue weighted by molar-refractivity contribution is 5.79. The van der Waals surface area contributed by atoms with Crippen molar-refractivity contribution in [2.45, 2.75) is 46.0 Å². The standard InChI is InChI=1S/C19H28N2O2/c1-3-5-18(22)20-13-17-6-4-11-21(14-17)19(23)12-16-9-7-15(2)8-10-16/h7-10,17H,3-6,11-14H2,1-2H3,(H,20,22). The molecule has 0 aromatic heterocycles. The Balaban J connectivity index is 1.81. The van der Waals surface area contributed by atoms with Crippen molar-refractivity contribution >= 4 is 11.8 Å². The van der Waals surface area contributed by atoms with E-state index in [-0.39, 0.29) is 11.8 Å². The molecule has 1 aromatic rings. The molecule has 4 nitrogen and oxygen atoms in total. The van der Waals surface area contributed by atoms with Crippen LogP contribution in [0.1, 0.15) is 43.7 Å². The molecule has 0 spiro atoms. The molecule has 126 valence electrons. The van der Waals surface area contributed by atoms with Crippen molar-refractivity contribution in [3.05, 3.63) is 35.4 Å². The maximum Gasteiger partial charge on any atom is 0.226 e. The number of likely N-dealkylation sites (tertiary alicyclic amines) is 1. The Kier molecular flexibility index (Phi) is 6.63. The topological polar surface area (TPSA) is 49.4 Å². The molecule has 4 heteroatoms. The van der Waals surface area contributed by atoms with Crippen molar-refractivity contribution < 1.29 is 9.59 Å². The van der Waals surface area contributed by atoms with Gasteiger partial charge >= 0.3 is 0 Å². The van der Waals surface area contributed by atoms with E-state index in [1.807, 2.05) is 43.0 Å². The first-order chi connectivity index (χ1) is 11.1. The van der Waals surface area contributed by atoms with E-state index in [9.17, 15) is 9.59 Å². The molecule has 1 atom stereocenters. The van der Waals surface area contributed by atoms with Gasteiger partial charge in [-0.2, -0.15) is 0 Å². The van der Waals surface area contributed by atoms with Crippen LogP contribution >= 0.6 is 0 Å². The molecule has 1 fully saturated rings. The van der Waals surface area contributed by atoms with Crippen molar-refractivity contribution in [1.29, 1.82) is 0 Å². The molecular formula is C19H28N2O2. The van der Waals surface area contributed by atoms with Gasteiger partial charge in [0.05, 0.1) is 6.42 Å². The van der Waals surface area contributed by atoms with Crippen LogP contribution in [0.4, 0.5) is 0 Å². The molecule has 1 aliphatic heterocycles. The average molecular weight is 316 g/mol. The lowest BCUT2D eigenvalue weighted by Crippen LogP contribution is -2.44. The Labute approximate surface area is 139 Å². The predicted molar refractivity (Wildman–Crippen MR) is 92.1 cm³/mol. The number of aryl methyl sites for hydroxylation is 1. The minimum Gasteiger partial charge on any atom is -0.356 e. The average Bonchev–Trinajstić information content (AvgIpc) is 2.55. The fourth-order valence-corrected chi connectivity index (χ4v) is 3.02. The summed E-state index contributed by atoms with van der Waals surface area (Å²) in [4.78, 5) is 26.0. The second-order valence-corrected chi connectivity index (χ2v) is 6.56. The summed E-state index contributed by atoms with van der Waals surface area (Å²) in [7, 11) is 0. The molecule has 23 heavy (non-hydrogen) atoms. The number of piperidine rings is 1. The lowest BCUT2D eigenvalue weighted by molar-refractivity contribution is -0.132. The highest BCUT2D eigenvalue weighted by Crippen LogP contribution is 2.17. The van der Waals surface area contributed by atoms with E-state index in [2.05, 4.69) is 5.32 Å². The van der Waals surface area contributed by atoms with E-state index in [0.717, 1.165) is 37.9 Å². The molecule has 0 aliphatic carbocycles. The third-order valence-electron chi connectivity index (χ3n) is 4.41. The quantitative estimate of drug-likeness (QED) is 0.877. The van der Waals surface area contributed by atoms with Crippen molar-refractivity contribution in [1.82, 2.24) is 10.2 Å². The summed E-state index contributed by atoms with van der Waals surface area (Å²) in [5.41, 5.74) is 2.28. The van der Waals surface area contributed by atoms with E-state index >= 15 is 0 Å². The van der Waals surface area contributed by atoms with Gasteiger partial charge in [-0.15, -0.1) is 0 Å². The highest BCUT2D eigenvalue weighted by atomic mass is 16.2. The number of carbonyl (C=O) groups is 2. The Morgan fingerprint density at radius 1 is 1.26 bits per heavy atom. The summed E-state index contributed by atoms with van der Waals surface area (Å²) in [6, 6.07) is 8.15. The van der Waals surface area contributed by atoms with Gasteiger partial charge in [0.25, 0.3) is 0 Å². The maximum atomic E-state index is 12.5. The minimum absolute atomic E-state index is 0.121. The van der Waals surface area contributed by atoms with Gasteiger partial charge in [-0.1, -0.05) is 36.8 Å². The molecule has 1 N–H and O–H groups in total. The molecule has 1 aromatic carbocycles. The van der Waals surface area contributed by atoms with Crippen molar-refractivity contribution in [3.8, 4) is 0 Å². The van der Waals surface area contributed by atoms with E-state index in [0.29, 0.717) is 25.3 Å². The second kappa shape index (κ2) is 8.70. The monoisotopic (exact) mass is 316 g/mol. The SMILES string of the molecule is CCCC(=O)NCC1CCCN(C(=O)Cc2ccc(C)cc2)C1. The highest BCUT2D eigenvalue weighted by Gasteiger charge is 2.23. The summed E-state index contributed by atoms with van der Waals surface area (Å²) in [5.74, 6) is 0.695. The smallest absolute Gasteiger partial charge is 0.226 e.